The number of ether oxygens (including phenoxy) is 3. The fraction of sp³-hybridized carbons (Fsp3) is 0.652. The highest BCUT2D eigenvalue weighted by Crippen LogP contribution is 2.46. The van der Waals surface area contributed by atoms with E-state index in [1.54, 1.807) is 20.8 Å². The Bertz CT molecular complexity index is 2470. The summed E-state index contributed by atoms with van der Waals surface area (Å²) >= 11 is 19.6. The van der Waals surface area contributed by atoms with Crippen LogP contribution in [0.25, 0.3) is 0 Å². The summed E-state index contributed by atoms with van der Waals surface area (Å²) in [6.07, 6.45) is -0.551. The molecule has 1 aliphatic rings. The zero-order chi connectivity index (χ0) is 64.3. The molecule has 3 N–H and O–H groups in total. The number of phenols is 3. The second kappa shape index (κ2) is 27.5. The van der Waals surface area contributed by atoms with Crippen molar-refractivity contribution in [3.05, 3.63) is 86.5 Å². The van der Waals surface area contributed by atoms with E-state index in [-0.39, 0.29) is 72.2 Å². The van der Waals surface area contributed by atoms with Gasteiger partial charge >= 0.3 is 17.9 Å². The van der Waals surface area contributed by atoms with Gasteiger partial charge in [-0.2, -0.15) is 0 Å². The van der Waals surface area contributed by atoms with Crippen molar-refractivity contribution >= 4 is 69.5 Å². The summed E-state index contributed by atoms with van der Waals surface area (Å²) in [5.74, 6) is -1.36. The molecule has 0 amide bonds. The zero-order valence-electron chi connectivity index (χ0n) is 55.6. The molecule has 84 heavy (non-hydrogen) atoms. The molecule has 0 spiro atoms. The molecule has 0 bridgehead atoms. The number of phenolic OH excluding ortho intramolecular Hbond substituents is 3. The first-order chi connectivity index (χ1) is 38.3. The smallest absolute Gasteiger partial charge is 0.306 e. The highest BCUT2D eigenvalue weighted by Gasteiger charge is 2.38. The summed E-state index contributed by atoms with van der Waals surface area (Å²) in [5.41, 5.74) is 4.32. The molecule has 1 saturated heterocycles. The van der Waals surface area contributed by atoms with E-state index in [1.807, 2.05) is 57.2 Å². The number of esters is 3. The van der Waals surface area contributed by atoms with Gasteiger partial charge in [0.25, 0.3) is 0 Å². The number of carbonyl (C=O) groups excluding carboxylic acids is 3. The summed E-state index contributed by atoms with van der Waals surface area (Å²) in [6.45, 7) is 49.4. The number of benzene rings is 3. The maximum Gasteiger partial charge on any atom is 0.306 e. The topological polar surface area (TPSA) is 149 Å². The van der Waals surface area contributed by atoms with Crippen LogP contribution in [-0.4, -0.2) is 82.9 Å². The lowest BCUT2D eigenvalue weighted by Gasteiger charge is -2.48. The monoisotopic (exact) mass is 1220 g/mol. The van der Waals surface area contributed by atoms with Gasteiger partial charge in [0.2, 0.25) is 0 Å². The minimum Gasteiger partial charge on any atom is -0.507 e. The third-order valence-corrected chi connectivity index (χ3v) is 18.0. The van der Waals surface area contributed by atoms with Gasteiger partial charge in [-0.1, -0.05) is 203 Å². The molecule has 468 valence electrons. The summed E-state index contributed by atoms with van der Waals surface area (Å²) in [5, 5.41) is 35.1. The Hall–Kier alpha value is -4.86. The van der Waals surface area contributed by atoms with Crippen molar-refractivity contribution in [3.63, 3.8) is 0 Å². The van der Waals surface area contributed by atoms with Gasteiger partial charge in [0.05, 0.1) is 35.0 Å². The molecular weight excluding hydrogens is 1110 g/mol. The van der Waals surface area contributed by atoms with E-state index < -0.39 is 50.8 Å². The van der Waals surface area contributed by atoms with Crippen LogP contribution < -0.4 is 0 Å². The van der Waals surface area contributed by atoms with Gasteiger partial charge in [-0.05, 0) is 138 Å². The van der Waals surface area contributed by atoms with Gasteiger partial charge < -0.3 is 44.2 Å². The minimum atomic E-state index is -0.701. The predicted octanol–water partition coefficient (Wildman–Crippen LogP) is 16.8. The molecule has 1 aliphatic heterocycles. The zero-order valence-corrected chi connectivity index (χ0v) is 58.1. The van der Waals surface area contributed by atoms with E-state index in [2.05, 4.69) is 139 Å². The van der Waals surface area contributed by atoms with E-state index in [1.165, 1.54) is 0 Å². The molecule has 12 nitrogen and oxygen atoms in total. The maximum absolute atomic E-state index is 13.4. The molecule has 0 saturated carbocycles. The molecule has 1 heterocycles. The molecule has 0 radical (unpaired) electrons. The van der Waals surface area contributed by atoms with Gasteiger partial charge in [-0.3, -0.25) is 14.4 Å². The molecule has 4 rings (SSSR count). The molecule has 0 aromatic heterocycles. The Kier molecular flexibility index (Phi) is 23.4. The van der Waals surface area contributed by atoms with Crippen molar-refractivity contribution in [2.24, 2.45) is 17.8 Å². The molecule has 6 unspecified atom stereocenters. The van der Waals surface area contributed by atoms with E-state index in [9.17, 15) is 29.7 Å². The number of rotatable bonds is 18. The Labute approximate surface area is 522 Å². The van der Waals surface area contributed by atoms with Crippen molar-refractivity contribution < 1.29 is 43.9 Å². The van der Waals surface area contributed by atoms with Gasteiger partial charge in [0.1, 0.15) is 35.6 Å². The molecule has 3 aromatic carbocycles. The van der Waals surface area contributed by atoms with Crippen LogP contribution >= 0.6 is 36.7 Å². The van der Waals surface area contributed by atoms with Crippen LogP contribution in [0.2, 0.25) is 0 Å². The van der Waals surface area contributed by atoms with Crippen molar-refractivity contribution in [1.29, 1.82) is 0 Å². The third-order valence-electron chi connectivity index (χ3n) is 16.0. The fourth-order valence-corrected chi connectivity index (χ4v) is 11.4. The molecule has 15 heteroatoms. The molecule has 6 atom stereocenters. The van der Waals surface area contributed by atoms with Gasteiger partial charge in [0, 0.05) is 37.0 Å². The third kappa shape index (κ3) is 18.1. The van der Waals surface area contributed by atoms with Crippen molar-refractivity contribution in [2.75, 3.05) is 20.0 Å². The minimum absolute atomic E-state index is 0.175. The average molecular weight is 1220 g/mol. The standard InChI is InChI=1S/C69H105N3O9S3/c1-25-55(73)79-52(43-31-46(64(7,8)9)58(76)47(32-43)65(10,11)12)28-40(4)61(82)70-37-71(62(83)41(5)29-53(80-56(74)26-2)44-33-48(66(13,14)15)59(77)49(34-44)67(16,17)18)39-72(38-70)63(84)42(6)30-54(81-57(75)27-3)45-35-50(68(19,20)21)60(78)51(36-45)69(22,23)24/h31-36,40-42,52-54,76-78H,25-30,37-39H2,1-24H3. The molecule has 1 fully saturated rings. The SMILES string of the molecule is CCC(=O)OC(CC(C)C(=S)N1CN(C(=S)C(C)CC(OC(=O)CC)c2cc(C(C)(C)C)c(O)c(C(C)(C)C)c2)CN(C(=S)C(C)CC(OC(=O)CC)c2cc(C(C)(C)C)c(O)c(C(C)(C)C)c2)C1)c1cc(C(C)(C)C)c(O)c(C(C)(C)C)c1. The molecular formula is C69H105N3O9S3. The first-order valence-corrected chi connectivity index (χ1v) is 31.6. The lowest BCUT2D eigenvalue weighted by atomic mass is 9.77. The molecule has 0 aliphatic carbocycles. The fourth-order valence-electron chi connectivity index (χ4n) is 10.8. The van der Waals surface area contributed by atoms with Gasteiger partial charge in [-0.25, -0.2) is 0 Å². The van der Waals surface area contributed by atoms with Crippen molar-refractivity contribution in [1.82, 2.24) is 14.7 Å². The first kappa shape index (κ1) is 71.6. The van der Waals surface area contributed by atoms with E-state index in [4.69, 9.17) is 50.9 Å². The van der Waals surface area contributed by atoms with Crippen LogP contribution in [-0.2, 0) is 61.1 Å². The number of hydrogen-bond acceptors (Lipinski definition) is 12. The highest BCUT2D eigenvalue weighted by molar-refractivity contribution is 7.80. The predicted molar refractivity (Wildman–Crippen MR) is 353 cm³/mol. The number of thiocarbonyl (C=S) groups is 3. The lowest BCUT2D eigenvalue weighted by Crippen LogP contribution is -2.60. The first-order valence-electron chi connectivity index (χ1n) is 30.3. The van der Waals surface area contributed by atoms with E-state index >= 15 is 0 Å². The van der Waals surface area contributed by atoms with E-state index in [0.29, 0.717) is 54.2 Å². The molecule has 3 aromatic rings. The van der Waals surface area contributed by atoms with Crippen LogP contribution in [0.3, 0.4) is 0 Å². The Morgan fingerprint density at radius 2 is 0.560 bits per heavy atom. The summed E-state index contributed by atoms with van der Waals surface area (Å²) in [6, 6.07) is 11.8. The van der Waals surface area contributed by atoms with E-state index in [0.717, 1.165) is 50.1 Å². The number of aromatic hydroxyl groups is 3. The normalized spacial score (nSPS) is 16.1. The number of carbonyl (C=O) groups is 3. The lowest BCUT2D eigenvalue weighted by molar-refractivity contribution is -0.150. The Morgan fingerprint density at radius 1 is 0.393 bits per heavy atom. The summed E-state index contributed by atoms with van der Waals surface area (Å²) in [4.78, 5) is 48.2. The second-order valence-electron chi connectivity index (χ2n) is 29.9. The van der Waals surface area contributed by atoms with Crippen molar-refractivity contribution in [2.45, 2.75) is 255 Å². The van der Waals surface area contributed by atoms with Crippen LogP contribution in [0.4, 0.5) is 0 Å². The number of nitrogens with zero attached hydrogens (tertiary/aromatic N) is 3. The van der Waals surface area contributed by atoms with Gasteiger partial charge in [-0.15, -0.1) is 0 Å². The van der Waals surface area contributed by atoms with Crippen LogP contribution in [0.1, 0.15) is 273 Å². The van der Waals surface area contributed by atoms with Gasteiger partial charge in [0.15, 0.2) is 0 Å². The quantitative estimate of drug-likeness (QED) is 0.0629. The maximum atomic E-state index is 13.4. The largest absolute Gasteiger partial charge is 0.507 e. The summed E-state index contributed by atoms with van der Waals surface area (Å²) < 4.78 is 19.0. The number of hydrogen-bond donors (Lipinski definition) is 3. The van der Waals surface area contributed by atoms with Crippen LogP contribution in [0.15, 0.2) is 36.4 Å². The Balaban J connectivity index is 1.88. The summed E-state index contributed by atoms with van der Waals surface area (Å²) in [7, 11) is 0. The van der Waals surface area contributed by atoms with Crippen LogP contribution in [0.5, 0.6) is 17.2 Å². The average Bonchev–Trinajstić information content (AvgIpc) is 2.46. The van der Waals surface area contributed by atoms with Crippen molar-refractivity contribution in [3.8, 4) is 17.2 Å². The van der Waals surface area contributed by atoms with Crippen LogP contribution in [0, 0.1) is 17.8 Å². The Morgan fingerprint density at radius 3 is 0.702 bits per heavy atom. The highest BCUT2D eigenvalue weighted by atomic mass is 32.1. The second-order valence-corrected chi connectivity index (χ2v) is 31.1.